The van der Waals surface area contributed by atoms with Gasteiger partial charge in [0.2, 0.25) is 5.91 Å². The summed E-state index contributed by atoms with van der Waals surface area (Å²) in [5.41, 5.74) is 2.75. The maximum atomic E-state index is 13.0. The lowest BCUT2D eigenvalue weighted by Gasteiger charge is -2.39. The van der Waals surface area contributed by atoms with Crippen LogP contribution < -0.4 is 9.80 Å². The van der Waals surface area contributed by atoms with E-state index < -0.39 is 5.97 Å². The fourth-order valence-corrected chi connectivity index (χ4v) is 5.53. The quantitative estimate of drug-likeness (QED) is 0.706. The largest absolute Gasteiger partial charge is 0.477 e. The van der Waals surface area contributed by atoms with Crippen molar-refractivity contribution < 1.29 is 14.7 Å². The first kappa shape index (κ1) is 21.5. The Morgan fingerprint density at radius 1 is 1.23 bits per heavy atom. The van der Waals surface area contributed by atoms with Crippen molar-refractivity contribution in [3.8, 4) is 0 Å². The zero-order valence-corrected chi connectivity index (χ0v) is 18.6. The normalized spacial score (nSPS) is 17.3. The number of anilines is 2. The molecular formula is C23H28N4O3S. The molecule has 7 nitrogen and oxygen atoms in total. The standard InChI is InChI=1S/C23H28N4O3S/c1-2-21(28)27(17-8-10-26(11-9-17)18-13-24-15-25-14-18)19-12-20(31-22(19)23(29)30)16-6-4-3-5-7-16/h6,12-15,17H,2-5,7-11H2,1H3,(H,29,30). The van der Waals surface area contributed by atoms with Crippen molar-refractivity contribution in [1.82, 2.24) is 9.97 Å². The number of amides is 1. The highest BCUT2D eigenvalue weighted by molar-refractivity contribution is 7.15. The van der Waals surface area contributed by atoms with Crippen LogP contribution in [0.1, 0.15) is 66.4 Å². The first-order chi connectivity index (χ1) is 15.1. The molecule has 1 saturated heterocycles. The van der Waals surface area contributed by atoms with Crippen LogP contribution in [0.4, 0.5) is 11.4 Å². The summed E-state index contributed by atoms with van der Waals surface area (Å²) in [6, 6.07) is 1.92. The number of piperidine rings is 1. The Morgan fingerprint density at radius 3 is 2.58 bits per heavy atom. The van der Waals surface area contributed by atoms with Gasteiger partial charge >= 0.3 is 5.97 Å². The van der Waals surface area contributed by atoms with Crippen molar-refractivity contribution in [2.75, 3.05) is 22.9 Å². The molecule has 0 atom stereocenters. The number of allylic oxidation sites excluding steroid dienone is 2. The van der Waals surface area contributed by atoms with E-state index >= 15 is 0 Å². The molecule has 0 spiro atoms. The molecule has 0 saturated carbocycles. The van der Waals surface area contributed by atoms with Gasteiger partial charge in [-0.15, -0.1) is 11.3 Å². The summed E-state index contributed by atoms with van der Waals surface area (Å²) < 4.78 is 0. The van der Waals surface area contributed by atoms with Gasteiger partial charge < -0.3 is 14.9 Å². The number of hydrogen-bond acceptors (Lipinski definition) is 6. The molecule has 1 amide bonds. The van der Waals surface area contributed by atoms with Crippen molar-refractivity contribution >= 4 is 40.2 Å². The number of thiophene rings is 1. The van der Waals surface area contributed by atoms with Gasteiger partial charge in [0.05, 0.1) is 23.8 Å². The third-order valence-corrected chi connectivity index (χ3v) is 7.27. The Kier molecular flexibility index (Phi) is 6.65. The van der Waals surface area contributed by atoms with E-state index in [0.717, 1.165) is 55.8 Å². The molecule has 0 bridgehead atoms. The van der Waals surface area contributed by atoms with Crippen LogP contribution in [0.15, 0.2) is 30.9 Å². The molecule has 2 aromatic rings. The van der Waals surface area contributed by atoms with Crippen molar-refractivity contribution in [3.05, 3.63) is 40.6 Å². The average Bonchev–Trinajstić information content (AvgIpc) is 3.26. The average molecular weight is 441 g/mol. The Morgan fingerprint density at radius 2 is 1.97 bits per heavy atom. The van der Waals surface area contributed by atoms with E-state index in [1.165, 1.54) is 29.7 Å². The minimum absolute atomic E-state index is 0.0192. The molecule has 1 N–H and O–H groups in total. The van der Waals surface area contributed by atoms with Crippen LogP contribution in [0.2, 0.25) is 0 Å². The van der Waals surface area contributed by atoms with Crippen molar-refractivity contribution in [2.24, 2.45) is 0 Å². The number of carbonyl (C=O) groups is 2. The third kappa shape index (κ3) is 4.63. The number of aromatic carboxylic acids is 1. The van der Waals surface area contributed by atoms with Crippen LogP contribution in [-0.2, 0) is 4.79 Å². The summed E-state index contributed by atoms with van der Waals surface area (Å²) in [6.07, 6.45) is 13.5. The second kappa shape index (κ2) is 9.60. The lowest BCUT2D eigenvalue weighted by Crippen LogP contribution is -2.48. The van der Waals surface area contributed by atoms with Crippen molar-refractivity contribution in [3.63, 3.8) is 0 Å². The number of aromatic nitrogens is 2. The zero-order valence-electron chi connectivity index (χ0n) is 17.8. The molecule has 0 aromatic carbocycles. The van der Waals surface area contributed by atoms with Crippen LogP contribution in [0.3, 0.4) is 0 Å². The molecule has 1 aliphatic carbocycles. The van der Waals surface area contributed by atoms with Crippen LogP contribution in [0.25, 0.3) is 5.57 Å². The summed E-state index contributed by atoms with van der Waals surface area (Å²) in [6.45, 7) is 3.38. The number of carbonyl (C=O) groups excluding carboxylic acids is 1. The molecular weight excluding hydrogens is 412 g/mol. The minimum atomic E-state index is -0.963. The Balaban J connectivity index is 1.61. The van der Waals surface area contributed by atoms with E-state index in [9.17, 15) is 14.7 Å². The summed E-state index contributed by atoms with van der Waals surface area (Å²) in [7, 11) is 0. The van der Waals surface area contributed by atoms with E-state index in [4.69, 9.17) is 0 Å². The molecule has 31 heavy (non-hydrogen) atoms. The predicted octanol–water partition coefficient (Wildman–Crippen LogP) is 4.61. The Bertz CT molecular complexity index is 964. The topological polar surface area (TPSA) is 86.6 Å². The minimum Gasteiger partial charge on any atom is -0.477 e. The lowest BCUT2D eigenvalue weighted by molar-refractivity contribution is -0.118. The fraction of sp³-hybridized carbons (Fsp3) is 0.478. The number of carboxylic acids is 1. The monoisotopic (exact) mass is 440 g/mol. The molecule has 1 aliphatic heterocycles. The summed E-state index contributed by atoms with van der Waals surface area (Å²) in [5, 5.41) is 9.90. The fourth-order valence-electron chi connectivity index (χ4n) is 4.48. The van der Waals surface area contributed by atoms with Crippen molar-refractivity contribution in [2.45, 2.75) is 57.9 Å². The predicted molar refractivity (Wildman–Crippen MR) is 123 cm³/mol. The molecule has 0 radical (unpaired) electrons. The number of nitrogens with zero attached hydrogens (tertiary/aromatic N) is 4. The van der Waals surface area contributed by atoms with E-state index in [1.807, 2.05) is 13.0 Å². The highest BCUT2D eigenvalue weighted by Crippen LogP contribution is 2.40. The molecule has 8 heteroatoms. The van der Waals surface area contributed by atoms with Gasteiger partial charge in [-0.1, -0.05) is 13.0 Å². The number of rotatable bonds is 6. The van der Waals surface area contributed by atoms with Gasteiger partial charge in [-0.05, 0) is 50.2 Å². The smallest absolute Gasteiger partial charge is 0.348 e. The van der Waals surface area contributed by atoms with Gasteiger partial charge in [0, 0.05) is 30.4 Å². The lowest BCUT2D eigenvalue weighted by atomic mass is 9.98. The van der Waals surface area contributed by atoms with E-state index in [0.29, 0.717) is 12.1 Å². The third-order valence-electron chi connectivity index (χ3n) is 6.09. The number of carboxylic acid groups (broad SMARTS) is 1. The highest BCUT2D eigenvalue weighted by atomic mass is 32.1. The molecule has 1 fully saturated rings. The van der Waals surface area contributed by atoms with E-state index in [2.05, 4.69) is 20.9 Å². The zero-order chi connectivity index (χ0) is 21.8. The summed E-state index contributed by atoms with van der Waals surface area (Å²) in [4.78, 5) is 38.5. The van der Waals surface area contributed by atoms with Gasteiger partial charge in [-0.3, -0.25) is 4.79 Å². The Labute approximate surface area is 186 Å². The van der Waals surface area contributed by atoms with Crippen LogP contribution in [-0.4, -0.2) is 46.1 Å². The molecule has 2 aromatic heterocycles. The first-order valence-corrected chi connectivity index (χ1v) is 11.8. The first-order valence-electron chi connectivity index (χ1n) is 11.0. The SMILES string of the molecule is CCC(=O)N(c1cc(C2=CCCCC2)sc1C(=O)O)C1CCN(c2cncnc2)CC1. The maximum absolute atomic E-state index is 13.0. The van der Waals surface area contributed by atoms with Gasteiger partial charge in [0.15, 0.2) is 0 Å². The second-order valence-corrected chi connectivity index (χ2v) is 9.09. The molecule has 2 aliphatic rings. The van der Waals surface area contributed by atoms with Crippen LogP contribution in [0.5, 0.6) is 0 Å². The maximum Gasteiger partial charge on any atom is 0.348 e. The van der Waals surface area contributed by atoms with Crippen LogP contribution >= 0.6 is 11.3 Å². The molecule has 0 unspecified atom stereocenters. The second-order valence-electron chi connectivity index (χ2n) is 8.04. The Hall–Kier alpha value is -2.74. The summed E-state index contributed by atoms with van der Waals surface area (Å²) >= 11 is 1.30. The molecule has 3 heterocycles. The van der Waals surface area contributed by atoms with E-state index in [1.54, 1.807) is 17.3 Å². The molecule has 4 rings (SSSR count). The van der Waals surface area contributed by atoms with Crippen LogP contribution in [0, 0.1) is 0 Å². The van der Waals surface area contributed by atoms with Gasteiger partial charge in [0.1, 0.15) is 11.2 Å². The number of hydrogen-bond donors (Lipinski definition) is 1. The van der Waals surface area contributed by atoms with Gasteiger partial charge in [-0.2, -0.15) is 0 Å². The molecule has 164 valence electrons. The van der Waals surface area contributed by atoms with Gasteiger partial charge in [-0.25, -0.2) is 14.8 Å². The van der Waals surface area contributed by atoms with Gasteiger partial charge in [0.25, 0.3) is 0 Å². The van der Waals surface area contributed by atoms with Crippen molar-refractivity contribution in [1.29, 1.82) is 0 Å². The highest BCUT2D eigenvalue weighted by Gasteiger charge is 2.33. The summed E-state index contributed by atoms with van der Waals surface area (Å²) in [5.74, 6) is -0.985. The van der Waals surface area contributed by atoms with E-state index in [-0.39, 0.29) is 16.8 Å².